The molecule has 0 atom stereocenters. The first-order valence-corrected chi connectivity index (χ1v) is 6.05. The van der Waals surface area contributed by atoms with Crippen molar-refractivity contribution in [1.82, 2.24) is 0 Å². The van der Waals surface area contributed by atoms with Crippen molar-refractivity contribution in [3.63, 3.8) is 0 Å². The summed E-state index contributed by atoms with van der Waals surface area (Å²) in [4.78, 5) is 0. The molecule has 0 N–H and O–H groups in total. The Balaban J connectivity index is 2.41. The van der Waals surface area contributed by atoms with Gasteiger partial charge in [0.15, 0.2) is 0 Å². The Labute approximate surface area is 103 Å². The first-order chi connectivity index (χ1) is 8.19. The van der Waals surface area contributed by atoms with Crippen molar-refractivity contribution in [1.29, 1.82) is 0 Å². The molecule has 17 heavy (non-hydrogen) atoms. The summed E-state index contributed by atoms with van der Waals surface area (Å²) in [6.45, 7) is 8.06. The van der Waals surface area contributed by atoms with Crippen LogP contribution in [0.3, 0.4) is 0 Å². The molecule has 2 aromatic carbocycles. The first kappa shape index (κ1) is 11.7. The highest BCUT2D eigenvalue weighted by molar-refractivity contribution is 5.85. The third kappa shape index (κ3) is 2.85. The van der Waals surface area contributed by atoms with E-state index >= 15 is 0 Å². The maximum absolute atomic E-state index is 3.87. The topological polar surface area (TPSA) is 0 Å². The van der Waals surface area contributed by atoms with Crippen LogP contribution in [0.15, 0.2) is 54.6 Å². The van der Waals surface area contributed by atoms with Crippen LogP contribution in [0.5, 0.6) is 0 Å². The molecule has 0 bridgehead atoms. The van der Waals surface area contributed by atoms with Gasteiger partial charge in [0, 0.05) is 0 Å². The number of allylic oxidation sites excluding steroid dienone is 2. The fraction of sp³-hybridized carbons (Fsp3) is 0.176. The molecule has 0 fully saturated rings. The van der Waals surface area contributed by atoms with Crippen molar-refractivity contribution in [2.75, 3.05) is 0 Å². The van der Waals surface area contributed by atoms with Gasteiger partial charge in [0.2, 0.25) is 0 Å². The predicted molar refractivity (Wildman–Crippen MR) is 77.2 cm³/mol. The third-order valence-corrected chi connectivity index (χ3v) is 2.90. The van der Waals surface area contributed by atoms with Gasteiger partial charge in [0.25, 0.3) is 0 Å². The maximum Gasteiger partial charge on any atom is -0.0178 e. The Morgan fingerprint density at radius 1 is 1.12 bits per heavy atom. The van der Waals surface area contributed by atoms with Gasteiger partial charge in [-0.3, -0.25) is 0 Å². The molecule has 0 heteroatoms. The Morgan fingerprint density at radius 2 is 1.82 bits per heavy atom. The van der Waals surface area contributed by atoms with Gasteiger partial charge in [-0.1, -0.05) is 61.6 Å². The zero-order chi connectivity index (χ0) is 12.3. The molecular formula is C17H18. The van der Waals surface area contributed by atoms with Gasteiger partial charge in [-0.05, 0) is 41.3 Å². The van der Waals surface area contributed by atoms with Crippen molar-refractivity contribution in [3.05, 3.63) is 65.8 Å². The molecule has 0 spiro atoms. The average Bonchev–Trinajstić information content (AvgIpc) is 2.35. The maximum atomic E-state index is 3.87. The number of hydrogen-bond donors (Lipinski definition) is 0. The summed E-state index contributed by atoms with van der Waals surface area (Å²) in [6, 6.07) is 13.2. The minimum Gasteiger partial charge on any atom is -0.0961 e. The van der Waals surface area contributed by atoms with Crippen molar-refractivity contribution < 1.29 is 0 Å². The largest absolute Gasteiger partial charge is 0.0961 e. The molecule has 2 rings (SSSR count). The molecule has 0 radical (unpaired) electrons. The molecule has 0 aliphatic heterocycles. The fourth-order valence-electron chi connectivity index (χ4n) is 1.88. The van der Waals surface area contributed by atoms with Crippen molar-refractivity contribution in [2.45, 2.75) is 20.3 Å². The van der Waals surface area contributed by atoms with E-state index < -0.39 is 0 Å². The molecule has 0 aromatic heterocycles. The van der Waals surface area contributed by atoms with E-state index in [1.165, 1.54) is 21.9 Å². The van der Waals surface area contributed by atoms with Gasteiger partial charge in [0.1, 0.15) is 0 Å². The van der Waals surface area contributed by atoms with Crippen LogP contribution in [-0.4, -0.2) is 0 Å². The Hall–Kier alpha value is -1.82. The van der Waals surface area contributed by atoms with Crippen LogP contribution in [0.4, 0.5) is 0 Å². The SMILES string of the molecule is C=C(C)/C=C/c1ccc2cc(CC)ccc2c1. The van der Waals surface area contributed by atoms with E-state index in [0.717, 1.165) is 12.0 Å². The fourth-order valence-corrected chi connectivity index (χ4v) is 1.88. The zero-order valence-electron chi connectivity index (χ0n) is 10.5. The van der Waals surface area contributed by atoms with E-state index in [2.05, 4.69) is 56.0 Å². The van der Waals surface area contributed by atoms with E-state index in [-0.39, 0.29) is 0 Å². The molecule has 2 aromatic rings. The summed E-state index contributed by atoms with van der Waals surface area (Å²) in [5, 5.41) is 2.61. The normalized spacial score (nSPS) is 11.2. The lowest BCUT2D eigenvalue weighted by Gasteiger charge is -2.02. The molecule has 0 nitrogen and oxygen atoms in total. The third-order valence-electron chi connectivity index (χ3n) is 2.90. The van der Waals surface area contributed by atoms with Crippen molar-refractivity contribution in [3.8, 4) is 0 Å². The molecule has 0 aliphatic carbocycles. The van der Waals surface area contributed by atoms with Crippen LogP contribution < -0.4 is 0 Å². The monoisotopic (exact) mass is 222 g/mol. The summed E-state index contributed by atoms with van der Waals surface area (Å²) in [7, 11) is 0. The van der Waals surface area contributed by atoms with E-state index in [1.54, 1.807) is 0 Å². The van der Waals surface area contributed by atoms with Gasteiger partial charge >= 0.3 is 0 Å². The summed E-state index contributed by atoms with van der Waals surface area (Å²) >= 11 is 0. The lowest BCUT2D eigenvalue weighted by Crippen LogP contribution is -1.81. The van der Waals surface area contributed by atoms with E-state index in [0.29, 0.717) is 0 Å². The molecule has 0 aliphatic rings. The van der Waals surface area contributed by atoms with Crippen molar-refractivity contribution >= 4 is 16.8 Å². The van der Waals surface area contributed by atoms with Gasteiger partial charge < -0.3 is 0 Å². The number of aryl methyl sites for hydroxylation is 1. The second-order valence-electron chi connectivity index (χ2n) is 4.47. The lowest BCUT2D eigenvalue weighted by atomic mass is 10.0. The highest BCUT2D eigenvalue weighted by Crippen LogP contribution is 2.19. The van der Waals surface area contributed by atoms with Crippen LogP contribution >= 0.6 is 0 Å². The second-order valence-corrected chi connectivity index (χ2v) is 4.47. The molecule has 0 saturated carbocycles. The van der Waals surface area contributed by atoms with Crippen molar-refractivity contribution in [2.24, 2.45) is 0 Å². The van der Waals surface area contributed by atoms with Crippen LogP contribution in [0.25, 0.3) is 16.8 Å². The average molecular weight is 222 g/mol. The second kappa shape index (κ2) is 5.01. The smallest absolute Gasteiger partial charge is 0.0178 e. The van der Waals surface area contributed by atoms with Crippen LogP contribution in [-0.2, 0) is 6.42 Å². The Morgan fingerprint density at radius 3 is 2.53 bits per heavy atom. The summed E-state index contributed by atoms with van der Waals surface area (Å²) < 4.78 is 0. The van der Waals surface area contributed by atoms with E-state index in [9.17, 15) is 0 Å². The summed E-state index contributed by atoms with van der Waals surface area (Å²) in [6.07, 6.45) is 5.24. The molecule has 0 unspecified atom stereocenters. The highest BCUT2D eigenvalue weighted by Gasteiger charge is 1.96. The molecule has 86 valence electrons. The minimum absolute atomic E-state index is 1.08. The highest BCUT2D eigenvalue weighted by atomic mass is 14.0. The van der Waals surface area contributed by atoms with Gasteiger partial charge in [0.05, 0.1) is 0 Å². The number of rotatable bonds is 3. The first-order valence-electron chi connectivity index (χ1n) is 6.05. The number of hydrogen-bond acceptors (Lipinski definition) is 0. The Bertz CT molecular complexity index is 574. The van der Waals surface area contributed by atoms with E-state index in [4.69, 9.17) is 0 Å². The van der Waals surface area contributed by atoms with Gasteiger partial charge in [-0.25, -0.2) is 0 Å². The quantitative estimate of drug-likeness (QED) is 0.642. The minimum atomic E-state index is 1.08. The van der Waals surface area contributed by atoms with Crippen LogP contribution in [0.1, 0.15) is 25.0 Å². The number of benzene rings is 2. The molecule has 0 saturated heterocycles. The molecular weight excluding hydrogens is 204 g/mol. The predicted octanol–water partition coefficient (Wildman–Crippen LogP) is 4.99. The lowest BCUT2D eigenvalue weighted by molar-refractivity contribution is 1.15. The zero-order valence-corrected chi connectivity index (χ0v) is 10.5. The van der Waals surface area contributed by atoms with Gasteiger partial charge in [-0.15, -0.1) is 0 Å². The molecule has 0 heterocycles. The van der Waals surface area contributed by atoms with E-state index in [1.807, 2.05) is 13.0 Å². The van der Waals surface area contributed by atoms with Gasteiger partial charge in [-0.2, -0.15) is 0 Å². The van der Waals surface area contributed by atoms with Crippen LogP contribution in [0.2, 0.25) is 0 Å². The standard InChI is InChI=1S/C17H18/c1-4-14-7-9-17-12-15(6-5-13(2)3)8-10-16(17)11-14/h5-12H,2,4H2,1,3H3/b6-5+. The summed E-state index contributed by atoms with van der Waals surface area (Å²) in [5.41, 5.74) is 3.69. The molecule has 0 amide bonds. The number of fused-ring (bicyclic) bond motifs is 1. The Kier molecular flexibility index (Phi) is 3.43. The summed E-state index contributed by atoms with van der Waals surface area (Å²) in [5.74, 6) is 0. The van der Waals surface area contributed by atoms with Crippen LogP contribution in [0, 0.1) is 0 Å².